The molecule has 4 heteroatoms. The lowest BCUT2D eigenvalue weighted by Gasteiger charge is -2.29. The van der Waals surface area contributed by atoms with Gasteiger partial charge in [0.1, 0.15) is 0 Å². The number of para-hydroxylation sites is 1. The number of aryl methyl sites for hydroxylation is 2. The number of nitrogens with zero attached hydrogens (tertiary/aromatic N) is 2. The van der Waals surface area contributed by atoms with Crippen LogP contribution in [0.25, 0.3) is 10.9 Å². The van der Waals surface area contributed by atoms with Crippen LogP contribution in [0.5, 0.6) is 0 Å². The van der Waals surface area contributed by atoms with Crippen LogP contribution in [0, 0.1) is 0 Å². The Balaban J connectivity index is 1.80. The van der Waals surface area contributed by atoms with Crippen LogP contribution in [0.4, 0.5) is 5.69 Å². The molecule has 26 heavy (non-hydrogen) atoms. The maximum absolute atomic E-state index is 5.73. The van der Waals surface area contributed by atoms with Gasteiger partial charge in [-0.3, -0.25) is 0 Å². The molecule has 0 fully saturated rings. The van der Waals surface area contributed by atoms with Crippen molar-refractivity contribution >= 4 is 33.9 Å². The Morgan fingerprint density at radius 3 is 2.46 bits per heavy atom. The van der Waals surface area contributed by atoms with Crippen molar-refractivity contribution in [3.63, 3.8) is 0 Å². The highest BCUT2D eigenvalue weighted by Crippen LogP contribution is 2.23. The van der Waals surface area contributed by atoms with E-state index in [-0.39, 0.29) is 0 Å². The summed E-state index contributed by atoms with van der Waals surface area (Å²) in [5, 5.41) is 5.45. The van der Waals surface area contributed by atoms with Gasteiger partial charge in [-0.1, -0.05) is 37.3 Å². The van der Waals surface area contributed by atoms with Crippen LogP contribution in [-0.4, -0.2) is 20.6 Å². The molecule has 1 aromatic heterocycles. The number of rotatable bonds is 5. The summed E-state index contributed by atoms with van der Waals surface area (Å²) in [5.41, 5.74) is 4.91. The zero-order valence-electron chi connectivity index (χ0n) is 16.0. The predicted octanol–water partition coefficient (Wildman–Crippen LogP) is 5.35. The van der Waals surface area contributed by atoms with Crippen molar-refractivity contribution in [2.24, 2.45) is 7.05 Å². The van der Waals surface area contributed by atoms with E-state index in [4.69, 9.17) is 12.2 Å². The van der Waals surface area contributed by atoms with E-state index in [1.165, 1.54) is 22.0 Å². The molecule has 0 aliphatic heterocycles. The Labute approximate surface area is 161 Å². The van der Waals surface area contributed by atoms with Gasteiger partial charge in [0.05, 0.1) is 0 Å². The lowest BCUT2D eigenvalue weighted by molar-refractivity contribution is 0.349. The van der Waals surface area contributed by atoms with Gasteiger partial charge >= 0.3 is 0 Å². The van der Waals surface area contributed by atoms with Crippen molar-refractivity contribution in [3.05, 3.63) is 65.9 Å². The first-order chi connectivity index (χ1) is 12.5. The molecule has 0 amide bonds. The van der Waals surface area contributed by atoms with E-state index >= 15 is 0 Å². The fourth-order valence-electron chi connectivity index (χ4n) is 3.24. The van der Waals surface area contributed by atoms with Gasteiger partial charge in [0, 0.05) is 42.4 Å². The number of fused-ring (bicyclic) bond motifs is 1. The Morgan fingerprint density at radius 2 is 1.81 bits per heavy atom. The van der Waals surface area contributed by atoms with Crippen LogP contribution in [0.2, 0.25) is 0 Å². The third-order valence-electron chi connectivity index (χ3n) is 4.82. The Bertz CT molecular complexity index is 893. The molecule has 2 aromatic carbocycles. The van der Waals surface area contributed by atoms with Crippen molar-refractivity contribution in [1.29, 1.82) is 0 Å². The van der Waals surface area contributed by atoms with E-state index in [9.17, 15) is 0 Å². The summed E-state index contributed by atoms with van der Waals surface area (Å²) in [6.07, 6.45) is 3.25. The molecular formula is C22H27N3S. The van der Waals surface area contributed by atoms with Crippen LogP contribution >= 0.6 is 12.2 Å². The first kappa shape index (κ1) is 18.5. The molecule has 136 valence electrons. The number of hydrogen-bond donors (Lipinski definition) is 1. The standard InChI is InChI=1S/C22H27N3S/c1-5-17-10-12-19(13-11-17)23-22(26)25(16(2)3)15-18-14-24(4)21-9-7-6-8-20(18)21/h6-14,16H,5,15H2,1-4H3,(H,23,26). The predicted molar refractivity (Wildman–Crippen MR) is 116 cm³/mol. The van der Waals surface area contributed by atoms with Crippen molar-refractivity contribution in [2.45, 2.75) is 39.8 Å². The Hall–Kier alpha value is -2.33. The fourth-order valence-corrected chi connectivity index (χ4v) is 3.64. The van der Waals surface area contributed by atoms with Crippen LogP contribution < -0.4 is 5.32 Å². The smallest absolute Gasteiger partial charge is 0.173 e. The van der Waals surface area contributed by atoms with Crippen LogP contribution in [0.15, 0.2) is 54.7 Å². The second-order valence-electron chi connectivity index (χ2n) is 6.98. The summed E-state index contributed by atoms with van der Waals surface area (Å²) in [5.74, 6) is 0. The van der Waals surface area contributed by atoms with E-state index in [0.29, 0.717) is 6.04 Å². The molecule has 0 saturated heterocycles. The number of nitrogens with one attached hydrogen (secondary N) is 1. The van der Waals surface area contributed by atoms with Crippen LogP contribution in [-0.2, 0) is 20.0 Å². The minimum atomic E-state index is 0.309. The molecular weight excluding hydrogens is 338 g/mol. The zero-order valence-corrected chi connectivity index (χ0v) is 16.8. The number of anilines is 1. The summed E-state index contributed by atoms with van der Waals surface area (Å²) < 4.78 is 2.18. The summed E-state index contributed by atoms with van der Waals surface area (Å²) in [7, 11) is 2.09. The molecule has 1 N–H and O–H groups in total. The van der Waals surface area contributed by atoms with Crippen molar-refractivity contribution in [3.8, 4) is 0 Å². The number of thiocarbonyl (C=S) groups is 1. The van der Waals surface area contributed by atoms with Gasteiger partial charge in [-0.2, -0.15) is 0 Å². The molecule has 3 nitrogen and oxygen atoms in total. The minimum absolute atomic E-state index is 0.309. The van der Waals surface area contributed by atoms with Crippen LogP contribution in [0.3, 0.4) is 0 Å². The Morgan fingerprint density at radius 1 is 1.12 bits per heavy atom. The summed E-state index contributed by atoms with van der Waals surface area (Å²) >= 11 is 5.73. The van der Waals surface area contributed by atoms with Crippen molar-refractivity contribution in [1.82, 2.24) is 9.47 Å². The molecule has 0 unspecified atom stereocenters. The number of benzene rings is 2. The zero-order chi connectivity index (χ0) is 18.7. The molecule has 0 radical (unpaired) electrons. The number of hydrogen-bond acceptors (Lipinski definition) is 1. The first-order valence-corrected chi connectivity index (χ1v) is 9.60. The van der Waals surface area contributed by atoms with E-state index in [0.717, 1.165) is 23.8 Å². The van der Waals surface area contributed by atoms with Gasteiger partial charge in [0.2, 0.25) is 0 Å². The molecule has 0 atom stereocenters. The van der Waals surface area contributed by atoms with Gasteiger partial charge in [-0.25, -0.2) is 0 Å². The third kappa shape index (κ3) is 3.91. The third-order valence-corrected chi connectivity index (χ3v) is 5.15. The van der Waals surface area contributed by atoms with E-state index in [1.807, 2.05) is 0 Å². The fraction of sp³-hybridized carbons (Fsp3) is 0.318. The second kappa shape index (κ2) is 7.92. The van der Waals surface area contributed by atoms with Gasteiger partial charge < -0.3 is 14.8 Å². The van der Waals surface area contributed by atoms with Gasteiger partial charge in [-0.15, -0.1) is 0 Å². The molecule has 3 aromatic rings. The first-order valence-electron chi connectivity index (χ1n) is 9.19. The molecule has 1 heterocycles. The maximum atomic E-state index is 5.73. The summed E-state index contributed by atoms with van der Waals surface area (Å²) in [6.45, 7) is 7.31. The molecule has 3 rings (SSSR count). The molecule has 0 bridgehead atoms. The van der Waals surface area contributed by atoms with Crippen molar-refractivity contribution < 1.29 is 0 Å². The molecule has 0 aliphatic carbocycles. The average Bonchev–Trinajstić information content (AvgIpc) is 2.96. The van der Waals surface area contributed by atoms with Crippen molar-refractivity contribution in [2.75, 3.05) is 5.32 Å². The summed E-state index contributed by atoms with van der Waals surface area (Å²) in [4.78, 5) is 2.24. The topological polar surface area (TPSA) is 20.2 Å². The highest BCUT2D eigenvalue weighted by molar-refractivity contribution is 7.80. The second-order valence-corrected chi connectivity index (χ2v) is 7.37. The normalized spacial score (nSPS) is 11.1. The average molecular weight is 366 g/mol. The molecule has 0 aliphatic rings. The molecule has 0 saturated carbocycles. The monoisotopic (exact) mass is 365 g/mol. The summed E-state index contributed by atoms with van der Waals surface area (Å²) in [6, 6.07) is 17.3. The minimum Gasteiger partial charge on any atom is -0.350 e. The lowest BCUT2D eigenvalue weighted by Crippen LogP contribution is -2.39. The van der Waals surface area contributed by atoms with E-state index in [2.05, 4.69) is 97.3 Å². The number of aromatic nitrogens is 1. The highest BCUT2D eigenvalue weighted by Gasteiger charge is 2.17. The SMILES string of the molecule is CCc1ccc(NC(=S)N(Cc2cn(C)c3ccccc23)C(C)C)cc1. The van der Waals surface area contributed by atoms with Gasteiger partial charge in [0.25, 0.3) is 0 Å². The van der Waals surface area contributed by atoms with Gasteiger partial charge in [0.15, 0.2) is 5.11 Å². The van der Waals surface area contributed by atoms with Crippen LogP contribution in [0.1, 0.15) is 31.9 Å². The highest BCUT2D eigenvalue weighted by atomic mass is 32.1. The van der Waals surface area contributed by atoms with E-state index < -0.39 is 0 Å². The quantitative estimate of drug-likeness (QED) is 0.616. The largest absolute Gasteiger partial charge is 0.350 e. The maximum Gasteiger partial charge on any atom is 0.173 e. The lowest BCUT2D eigenvalue weighted by atomic mass is 10.1. The van der Waals surface area contributed by atoms with Gasteiger partial charge in [-0.05, 0) is 61.8 Å². The van der Waals surface area contributed by atoms with E-state index in [1.54, 1.807) is 0 Å². The molecule has 0 spiro atoms. The Kier molecular flexibility index (Phi) is 5.62.